The van der Waals surface area contributed by atoms with E-state index in [-0.39, 0.29) is 10.5 Å². The summed E-state index contributed by atoms with van der Waals surface area (Å²) < 4.78 is 30.5. The van der Waals surface area contributed by atoms with E-state index in [9.17, 15) is 13.2 Å². The van der Waals surface area contributed by atoms with E-state index in [2.05, 4.69) is 9.46 Å². The maximum atomic E-state index is 11.8. The van der Waals surface area contributed by atoms with Gasteiger partial charge in [0.2, 0.25) is 10.0 Å². The van der Waals surface area contributed by atoms with Gasteiger partial charge in [0.15, 0.2) is 0 Å². The second-order valence-electron chi connectivity index (χ2n) is 3.04. The molecule has 0 unspecified atom stereocenters. The van der Waals surface area contributed by atoms with E-state index in [1.807, 2.05) is 6.92 Å². The van der Waals surface area contributed by atoms with E-state index in [1.165, 1.54) is 17.9 Å². The van der Waals surface area contributed by atoms with E-state index in [4.69, 9.17) is 0 Å². The summed E-state index contributed by atoms with van der Waals surface area (Å²) >= 11 is 1.15. The fraction of sp³-hybridized carbons (Fsp3) is 0.444. The Morgan fingerprint density at radius 3 is 2.75 bits per heavy atom. The zero-order valence-corrected chi connectivity index (χ0v) is 10.7. The van der Waals surface area contributed by atoms with Gasteiger partial charge in [-0.2, -0.15) is 11.3 Å². The van der Waals surface area contributed by atoms with Crippen molar-refractivity contribution in [3.05, 3.63) is 16.3 Å². The number of carbonyl (C=O) groups excluding carboxylic acids is 1. The van der Waals surface area contributed by atoms with Crippen LogP contribution in [0.2, 0.25) is 0 Å². The quantitative estimate of drug-likeness (QED) is 0.811. The Bertz CT molecular complexity index is 464. The number of methoxy groups -OCH3 is 1. The smallest absolute Gasteiger partial charge is 0.340 e. The highest BCUT2D eigenvalue weighted by Gasteiger charge is 2.23. The van der Waals surface area contributed by atoms with Crippen LogP contribution in [0.1, 0.15) is 23.7 Å². The van der Waals surface area contributed by atoms with Gasteiger partial charge in [-0.1, -0.05) is 6.92 Å². The van der Waals surface area contributed by atoms with Gasteiger partial charge in [-0.05, 0) is 6.42 Å². The van der Waals surface area contributed by atoms with Crippen LogP contribution < -0.4 is 4.72 Å². The second kappa shape index (κ2) is 5.42. The molecule has 0 saturated carbocycles. The SMILES string of the molecule is CCCNS(=O)(=O)c1cscc1C(=O)OC. The van der Waals surface area contributed by atoms with E-state index < -0.39 is 16.0 Å². The van der Waals surface area contributed by atoms with Crippen LogP contribution in [0.15, 0.2) is 15.7 Å². The Morgan fingerprint density at radius 1 is 1.50 bits per heavy atom. The van der Waals surface area contributed by atoms with Crippen molar-refractivity contribution in [1.82, 2.24) is 4.72 Å². The van der Waals surface area contributed by atoms with Gasteiger partial charge in [-0.15, -0.1) is 0 Å². The lowest BCUT2D eigenvalue weighted by Crippen LogP contribution is -2.25. The molecule has 0 spiro atoms. The van der Waals surface area contributed by atoms with Gasteiger partial charge in [-0.3, -0.25) is 0 Å². The normalized spacial score (nSPS) is 11.4. The van der Waals surface area contributed by atoms with Crippen LogP contribution in [-0.4, -0.2) is 28.0 Å². The maximum Gasteiger partial charge on any atom is 0.340 e. The minimum atomic E-state index is -3.61. The molecule has 0 atom stereocenters. The number of hydrogen-bond donors (Lipinski definition) is 1. The predicted molar refractivity (Wildman–Crippen MR) is 61.1 cm³/mol. The Kier molecular flexibility index (Phi) is 4.45. The molecule has 16 heavy (non-hydrogen) atoms. The topological polar surface area (TPSA) is 72.5 Å². The number of thiophene rings is 1. The van der Waals surface area contributed by atoms with Gasteiger partial charge in [0.1, 0.15) is 4.90 Å². The summed E-state index contributed by atoms with van der Waals surface area (Å²) in [6, 6.07) is 0. The van der Waals surface area contributed by atoms with Crippen LogP contribution in [0, 0.1) is 0 Å². The van der Waals surface area contributed by atoms with Gasteiger partial charge in [0.05, 0.1) is 12.7 Å². The number of hydrogen-bond acceptors (Lipinski definition) is 5. The lowest BCUT2D eigenvalue weighted by molar-refractivity contribution is 0.0597. The van der Waals surface area contributed by atoms with Crippen molar-refractivity contribution in [2.45, 2.75) is 18.2 Å². The van der Waals surface area contributed by atoms with Crippen molar-refractivity contribution in [3.63, 3.8) is 0 Å². The first-order chi connectivity index (χ1) is 7.53. The van der Waals surface area contributed by atoms with Crippen LogP contribution in [0.4, 0.5) is 0 Å². The average molecular weight is 263 g/mol. The van der Waals surface area contributed by atoms with E-state index in [0.29, 0.717) is 13.0 Å². The number of rotatable bonds is 5. The van der Waals surface area contributed by atoms with Gasteiger partial charge in [0, 0.05) is 17.3 Å². The molecule has 0 fully saturated rings. The summed E-state index contributed by atoms with van der Waals surface area (Å²) in [4.78, 5) is 11.3. The third-order valence-electron chi connectivity index (χ3n) is 1.86. The first-order valence-electron chi connectivity index (χ1n) is 4.67. The number of esters is 1. The predicted octanol–water partition coefficient (Wildman–Crippen LogP) is 1.22. The molecule has 0 aliphatic carbocycles. The highest BCUT2D eigenvalue weighted by Crippen LogP contribution is 2.21. The Balaban J connectivity index is 3.04. The minimum Gasteiger partial charge on any atom is -0.465 e. The highest BCUT2D eigenvalue weighted by atomic mass is 32.2. The Labute approximate surface area is 98.5 Å². The first kappa shape index (κ1) is 13.1. The summed E-state index contributed by atoms with van der Waals surface area (Å²) in [5.41, 5.74) is 0.0797. The van der Waals surface area contributed by atoms with Crippen LogP contribution in [0.3, 0.4) is 0 Å². The molecule has 1 aromatic heterocycles. The molecule has 0 saturated heterocycles. The van der Waals surface area contributed by atoms with Crippen molar-refractivity contribution in [3.8, 4) is 0 Å². The van der Waals surface area contributed by atoms with Gasteiger partial charge in [0.25, 0.3) is 0 Å². The molecule has 1 aromatic rings. The molecule has 7 heteroatoms. The lowest BCUT2D eigenvalue weighted by Gasteiger charge is -2.05. The molecule has 90 valence electrons. The van der Waals surface area contributed by atoms with Crippen LogP contribution >= 0.6 is 11.3 Å². The number of sulfonamides is 1. The van der Waals surface area contributed by atoms with Crippen molar-refractivity contribution < 1.29 is 17.9 Å². The van der Waals surface area contributed by atoms with Crippen LogP contribution in [0.5, 0.6) is 0 Å². The molecule has 1 N–H and O–H groups in total. The Hall–Kier alpha value is -0.920. The molecule has 0 radical (unpaired) electrons. The molecule has 0 bridgehead atoms. The number of ether oxygens (including phenoxy) is 1. The van der Waals surface area contributed by atoms with Crippen molar-refractivity contribution >= 4 is 27.3 Å². The molecule has 0 aromatic carbocycles. The van der Waals surface area contributed by atoms with Crippen molar-refractivity contribution in [2.75, 3.05) is 13.7 Å². The van der Waals surface area contributed by atoms with E-state index in [0.717, 1.165) is 11.3 Å². The standard InChI is InChI=1S/C9H13NO4S2/c1-3-4-10-16(12,13)8-6-15-5-7(8)9(11)14-2/h5-6,10H,3-4H2,1-2H3. The molecule has 1 rings (SSSR count). The summed E-state index contributed by atoms with van der Waals surface area (Å²) in [5.74, 6) is -0.641. The highest BCUT2D eigenvalue weighted by molar-refractivity contribution is 7.89. The zero-order chi connectivity index (χ0) is 12.2. The molecule has 5 nitrogen and oxygen atoms in total. The third-order valence-corrected chi connectivity index (χ3v) is 4.26. The van der Waals surface area contributed by atoms with Gasteiger partial charge < -0.3 is 4.74 Å². The molecular weight excluding hydrogens is 250 g/mol. The number of carbonyl (C=O) groups is 1. The maximum absolute atomic E-state index is 11.8. The zero-order valence-electron chi connectivity index (χ0n) is 9.02. The fourth-order valence-electron chi connectivity index (χ4n) is 1.07. The monoisotopic (exact) mass is 263 g/mol. The molecule has 0 aliphatic heterocycles. The second-order valence-corrected chi connectivity index (χ2v) is 5.52. The summed E-state index contributed by atoms with van der Waals surface area (Å²) in [6.45, 7) is 2.20. The minimum absolute atomic E-state index is 0.0159. The summed E-state index contributed by atoms with van der Waals surface area (Å²) in [6.07, 6.45) is 0.691. The Morgan fingerprint density at radius 2 is 2.19 bits per heavy atom. The van der Waals surface area contributed by atoms with Crippen molar-refractivity contribution in [2.24, 2.45) is 0 Å². The number of nitrogens with one attached hydrogen (secondary N) is 1. The van der Waals surface area contributed by atoms with E-state index >= 15 is 0 Å². The third kappa shape index (κ3) is 2.81. The van der Waals surface area contributed by atoms with Crippen LogP contribution in [-0.2, 0) is 14.8 Å². The molecular formula is C9H13NO4S2. The van der Waals surface area contributed by atoms with Gasteiger partial charge in [-0.25, -0.2) is 17.9 Å². The average Bonchev–Trinajstić information content (AvgIpc) is 2.75. The van der Waals surface area contributed by atoms with Crippen molar-refractivity contribution in [1.29, 1.82) is 0 Å². The first-order valence-corrected chi connectivity index (χ1v) is 7.09. The lowest BCUT2D eigenvalue weighted by atomic mass is 10.3. The molecule has 0 aliphatic rings. The van der Waals surface area contributed by atoms with E-state index in [1.54, 1.807) is 0 Å². The summed E-state index contributed by atoms with van der Waals surface area (Å²) in [7, 11) is -2.39. The largest absolute Gasteiger partial charge is 0.465 e. The van der Waals surface area contributed by atoms with Gasteiger partial charge >= 0.3 is 5.97 Å². The molecule has 1 heterocycles. The summed E-state index contributed by atoms with van der Waals surface area (Å²) in [5, 5.41) is 2.89. The molecule has 0 amide bonds. The van der Waals surface area contributed by atoms with Crippen LogP contribution in [0.25, 0.3) is 0 Å². The fourth-order valence-corrected chi connectivity index (χ4v) is 3.55.